The van der Waals surface area contributed by atoms with Crippen molar-refractivity contribution in [2.75, 3.05) is 11.9 Å². The molecule has 1 aromatic heterocycles. The molecule has 0 fully saturated rings. The molecule has 0 unspecified atom stereocenters. The van der Waals surface area contributed by atoms with Crippen molar-refractivity contribution in [2.24, 2.45) is 14.1 Å². The molecule has 1 aromatic carbocycles. The summed E-state index contributed by atoms with van der Waals surface area (Å²) < 4.78 is 2.07. The molecule has 21 heavy (non-hydrogen) atoms. The molecular formula is C14H15N3O4. The number of aromatic nitrogens is 2. The number of phenols is 1. The van der Waals surface area contributed by atoms with E-state index in [9.17, 15) is 19.5 Å². The third-order valence-corrected chi connectivity index (χ3v) is 3.22. The lowest BCUT2D eigenvalue weighted by molar-refractivity contribution is 0.0990. The van der Waals surface area contributed by atoms with E-state index in [1.807, 2.05) is 0 Å². The van der Waals surface area contributed by atoms with Gasteiger partial charge in [-0.1, -0.05) is 0 Å². The molecule has 0 radical (unpaired) electrons. The minimum atomic E-state index is -0.645. The Balaban J connectivity index is 2.48. The van der Waals surface area contributed by atoms with E-state index in [0.29, 0.717) is 5.69 Å². The minimum absolute atomic E-state index is 0.0811. The van der Waals surface area contributed by atoms with Crippen LogP contribution in [0.5, 0.6) is 5.75 Å². The Bertz CT molecular complexity index is 802. The Morgan fingerprint density at radius 3 is 2.29 bits per heavy atom. The number of anilines is 1. The van der Waals surface area contributed by atoms with Crippen molar-refractivity contribution in [3.63, 3.8) is 0 Å². The van der Waals surface area contributed by atoms with E-state index in [1.54, 1.807) is 12.1 Å². The molecule has 1 amide bonds. The van der Waals surface area contributed by atoms with E-state index in [4.69, 9.17) is 0 Å². The second-order valence-corrected chi connectivity index (χ2v) is 4.68. The van der Waals surface area contributed by atoms with E-state index >= 15 is 0 Å². The first-order valence-electron chi connectivity index (χ1n) is 6.16. The highest BCUT2D eigenvalue weighted by Gasteiger charge is 2.19. The second-order valence-electron chi connectivity index (χ2n) is 4.68. The van der Waals surface area contributed by atoms with Gasteiger partial charge in [-0.3, -0.25) is 14.2 Å². The molecule has 1 heterocycles. The van der Waals surface area contributed by atoms with Gasteiger partial charge in [-0.05, 0) is 24.3 Å². The highest BCUT2D eigenvalue weighted by atomic mass is 16.3. The Hall–Kier alpha value is -2.83. The largest absolute Gasteiger partial charge is 0.508 e. The van der Waals surface area contributed by atoms with Gasteiger partial charge < -0.3 is 14.6 Å². The molecule has 0 aliphatic carbocycles. The van der Waals surface area contributed by atoms with Crippen LogP contribution in [0.15, 0.2) is 40.1 Å². The minimum Gasteiger partial charge on any atom is -0.508 e. The predicted molar refractivity (Wildman–Crippen MR) is 77.8 cm³/mol. The molecular weight excluding hydrogens is 274 g/mol. The molecule has 0 saturated carbocycles. The smallest absolute Gasteiger partial charge is 0.330 e. The third kappa shape index (κ3) is 2.58. The lowest BCUT2D eigenvalue weighted by atomic mass is 10.2. The van der Waals surface area contributed by atoms with Gasteiger partial charge in [0.15, 0.2) is 0 Å². The van der Waals surface area contributed by atoms with Crippen molar-refractivity contribution in [2.45, 2.75) is 0 Å². The molecule has 7 nitrogen and oxygen atoms in total. The second kappa shape index (κ2) is 5.28. The van der Waals surface area contributed by atoms with E-state index in [2.05, 4.69) is 0 Å². The zero-order chi connectivity index (χ0) is 15.7. The Labute approximate surface area is 120 Å². The van der Waals surface area contributed by atoms with Gasteiger partial charge in [0, 0.05) is 33.0 Å². The van der Waals surface area contributed by atoms with Crippen molar-refractivity contribution in [1.29, 1.82) is 0 Å². The van der Waals surface area contributed by atoms with Crippen LogP contribution in [-0.2, 0) is 14.1 Å². The zero-order valence-electron chi connectivity index (χ0n) is 11.9. The van der Waals surface area contributed by atoms with Crippen molar-refractivity contribution in [3.05, 3.63) is 56.9 Å². The van der Waals surface area contributed by atoms with Gasteiger partial charge in [-0.25, -0.2) is 4.79 Å². The van der Waals surface area contributed by atoms with Crippen LogP contribution in [0.25, 0.3) is 0 Å². The Kier molecular flexibility index (Phi) is 3.66. The number of hydrogen-bond donors (Lipinski definition) is 1. The monoisotopic (exact) mass is 289 g/mol. The number of phenolic OH excluding ortho intramolecular Hbond substituents is 1. The van der Waals surface area contributed by atoms with Crippen LogP contribution in [0.3, 0.4) is 0 Å². The summed E-state index contributed by atoms with van der Waals surface area (Å²) in [6.07, 6.45) is 1.23. The maximum absolute atomic E-state index is 12.4. The molecule has 0 aliphatic heterocycles. The van der Waals surface area contributed by atoms with E-state index in [-0.39, 0.29) is 11.3 Å². The molecule has 0 bridgehead atoms. The molecule has 1 N–H and O–H groups in total. The molecule has 2 rings (SSSR count). The summed E-state index contributed by atoms with van der Waals surface area (Å²) >= 11 is 0. The van der Waals surface area contributed by atoms with Gasteiger partial charge in [-0.15, -0.1) is 0 Å². The summed E-state index contributed by atoms with van der Waals surface area (Å²) in [5.41, 5.74) is -0.721. The first kappa shape index (κ1) is 14.6. The number of aromatic hydroxyl groups is 1. The highest BCUT2D eigenvalue weighted by Crippen LogP contribution is 2.18. The van der Waals surface area contributed by atoms with Crippen molar-refractivity contribution in [3.8, 4) is 5.75 Å². The van der Waals surface area contributed by atoms with E-state index < -0.39 is 17.2 Å². The number of aryl methyl sites for hydroxylation is 1. The fourth-order valence-corrected chi connectivity index (χ4v) is 1.93. The summed E-state index contributed by atoms with van der Waals surface area (Å²) in [7, 11) is 4.31. The Morgan fingerprint density at radius 2 is 1.71 bits per heavy atom. The normalized spacial score (nSPS) is 10.4. The number of carbonyl (C=O) groups excluding carboxylic acids is 1. The maximum atomic E-state index is 12.4. The molecule has 2 aromatic rings. The highest BCUT2D eigenvalue weighted by molar-refractivity contribution is 6.05. The standard InChI is InChI=1S/C14H15N3O4/c1-15-8-11(13(20)17(3)14(15)21)12(19)16(2)9-4-6-10(18)7-5-9/h4-8,18H,1-3H3. The van der Waals surface area contributed by atoms with Crippen molar-refractivity contribution < 1.29 is 9.90 Å². The van der Waals surface area contributed by atoms with Gasteiger partial charge in [0.1, 0.15) is 11.3 Å². The fraction of sp³-hybridized carbons (Fsp3) is 0.214. The number of nitrogens with zero attached hydrogens (tertiary/aromatic N) is 3. The average molecular weight is 289 g/mol. The van der Waals surface area contributed by atoms with Crippen molar-refractivity contribution in [1.82, 2.24) is 9.13 Å². The summed E-state index contributed by atoms with van der Waals surface area (Å²) in [4.78, 5) is 37.3. The summed E-state index contributed by atoms with van der Waals surface area (Å²) in [6, 6.07) is 6.00. The van der Waals surface area contributed by atoms with Crippen molar-refractivity contribution >= 4 is 11.6 Å². The van der Waals surface area contributed by atoms with E-state index in [0.717, 1.165) is 4.57 Å². The topological polar surface area (TPSA) is 84.5 Å². The number of amides is 1. The summed E-state index contributed by atoms with van der Waals surface area (Å²) in [5, 5.41) is 9.25. The maximum Gasteiger partial charge on any atom is 0.330 e. The van der Waals surface area contributed by atoms with Gasteiger partial charge in [0.2, 0.25) is 0 Å². The van der Waals surface area contributed by atoms with Gasteiger partial charge in [0.25, 0.3) is 11.5 Å². The third-order valence-electron chi connectivity index (χ3n) is 3.22. The lowest BCUT2D eigenvalue weighted by Gasteiger charge is -2.17. The lowest BCUT2D eigenvalue weighted by Crippen LogP contribution is -2.42. The molecule has 110 valence electrons. The van der Waals surface area contributed by atoms with Crippen LogP contribution in [0.1, 0.15) is 10.4 Å². The van der Waals surface area contributed by atoms with Crippen LogP contribution in [0.2, 0.25) is 0 Å². The van der Waals surface area contributed by atoms with Gasteiger partial charge in [-0.2, -0.15) is 0 Å². The van der Waals surface area contributed by atoms with Crippen LogP contribution in [0, 0.1) is 0 Å². The number of hydrogen-bond acceptors (Lipinski definition) is 4. The predicted octanol–water partition coefficient (Wildman–Crippen LogP) is 0.0662. The quantitative estimate of drug-likeness (QED) is 0.847. The molecule has 7 heteroatoms. The Morgan fingerprint density at radius 1 is 1.14 bits per heavy atom. The summed E-state index contributed by atoms with van der Waals surface area (Å²) in [6.45, 7) is 0. The SMILES string of the molecule is CN(C(=O)c1cn(C)c(=O)n(C)c1=O)c1ccc(O)cc1. The van der Waals surface area contributed by atoms with Crippen LogP contribution in [0.4, 0.5) is 5.69 Å². The number of benzene rings is 1. The molecule has 0 spiro atoms. The van der Waals surface area contributed by atoms with Crippen LogP contribution < -0.4 is 16.1 Å². The molecule has 0 saturated heterocycles. The first-order valence-corrected chi connectivity index (χ1v) is 6.16. The molecule has 0 aliphatic rings. The van der Waals surface area contributed by atoms with Crippen LogP contribution in [-0.4, -0.2) is 27.2 Å². The first-order chi connectivity index (χ1) is 9.82. The van der Waals surface area contributed by atoms with Gasteiger partial charge in [0.05, 0.1) is 0 Å². The molecule has 0 atom stereocenters. The van der Waals surface area contributed by atoms with Gasteiger partial charge >= 0.3 is 5.69 Å². The number of carbonyl (C=O) groups is 1. The zero-order valence-corrected chi connectivity index (χ0v) is 11.9. The number of rotatable bonds is 2. The average Bonchev–Trinajstić information content (AvgIpc) is 2.48. The fourth-order valence-electron chi connectivity index (χ4n) is 1.93. The summed E-state index contributed by atoms with van der Waals surface area (Å²) in [5.74, 6) is -0.450. The van der Waals surface area contributed by atoms with E-state index in [1.165, 1.54) is 48.9 Å². The van der Waals surface area contributed by atoms with Crippen LogP contribution >= 0.6 is 0 Å².